The second-order valence-corrected chi connectivity index (χ2v) is 6.72. The van der Waals surface area contributed by atoms with E-state index in [4.69, 9.17) is 15.4 Å². The number of rotatable bonds is 3. The van der Waals surface area contributed by atoms with Crippen molar-refractivity contribution in [2.45, 2.75) is 18.1 Å². The summed E-state index contributed by atoms with van der Waals surface area (Å²) in [5, 5.41) is 0. The van der Waals surface area contributed by atoms with Gasteiger partial charge in [0.2, 0.25) is 9.05 Å². The molecule has 16 heavy (non-hydrogen) atoms. The Morgan fingerprint density at radius 3 is 2.75 bits per heavy atom. The van der Waals surface area contributed by atoms with E-state index in [0.29, 0.717) is 12.5 Å². The Bertz CT molecular complexity index is 464. The Hall–Kier alpha value is -0.580. The van der Waals surface area contributed by atoms with Crippen molar-refractivity contribution in [3.8, 4) is 0 Å². The van der Waals surface area contributed by atoms with Gasteiger partial charge in [-0.25, -0.2) is 8.42 Å². The predicted octanol–water partition coefficient (Wildman–Crippen LogP) is 2.26. The molecule has 0 amide bonds. The van der Waals surface area contributed by atoms with Gasteiger partial charge in [-0.3, -0.25) is 0 Å². The monoisotopic (exact) mass is 260 g/mol. The van der Waals surface area contributed by atoms with Gasteiger partial charge < -0.3 is 4.74 Å². The maximum Gasteiger partial charge on any atom is 0.236 e. The molecule has 0 spiro atoms. The zero-order chi connectivity index (χ0) is 11.6. The number of hydrogen-bond donors (Lipinski definition) is 0. The van der Waals surface area contributed by atoms with E-state index < -0.39 is 9.05 Å². The fourth-order valence-electron chi connectivity index (χ4n) is 2.03. The van der Waals surface area contributed by atoms with E-state index in [-0.39, 0.29) is 5.75 Å². The topological polar surface area (TPSA) is 43.4 Å². The molecule has 1 aromatic carbocycles. The second kappa shape index (κ2) is 4.73. The van der Waals surface area contributed by atoms with Gasteiger partial charge in [-0.15, -0.1) is 0 Å². The van der Waals surface area contributed by atoms with Crippen molar-refractivity contribution in [2.24, 2.45) is 0 Å². The molecule has 0 saturated carbocycles. The van der Waals surface area contributed by atoms with Crippen molar-refractivity contribution in [1.82, 2.24) is 0 Å². The molecule has 2 rings (SSSR count). The molecule has 0 aliphatic carbocycles. The molecule has 1 unspecified atom stereocenters. The van der Waals surface area contributed by atoms with Crippen molar-refractivity contribution < 1.29 is 13.2 Å². The van der Waals surface area contributed by atoms with Crippen LogP contribution in [0.15, 0.2) is 24.3 Å². The lowest BCUT2D eigenvalue weighted by Crippen LogP contribution is -2.05. The van der Waals surface area contributed by atoms with Crippen molar-refractivity contribution >= 4 is 19.7 Å². The van der Waals surface area contributed by atoms with Crippen LogP contribution in [0.5, 0.6) is 0 Å². The molecule has 1 aliphatic rings. The third-order valence-electron chi connectivity index (χ3n) is 2.75. The van der Waals surface area contributed by atoms with Gasteiger partial charge in [-0.2, -0.15) is 0 Å². The molecule has 1 aliphatic heterocycles. The van der Waals surface area contributed by atoms with Crippen LogP contribution in [0.3, 0.4) is 0 Å². The average Bonchev–Trinajstić information content (AvgIpc) is 2.69. The van der Waals surface area contributed by atoms with Gasteiger partial charge in [-0.05, 0) is 17.5 Å². The van der Waals surface area contributed by atoms with Gasteiger partial charge in [-0.1, -0.05) is 24.3 Å². The third kappa shape index (κ3) is 2.97. The summed E-state index contributed by atoms with van der Waals surface area (Å²) in [4.78, 5) is 0. The Morgan fingerprint density at radius 2 is 2.12 bits per heavy atom. The van der Waals surface area contributed by atoms with Gasteiger partial charge in [0.05, 0.1) is 12.4 Å². The van der Waals surface area contributed by atoms with Gasteiger partial charge in [0.15, 0.2) is 0 Å². The molecule has 1 atom stereocenters. The van der Waals surface area contributed by atoms with Crippen molar-refractivity contribution in [3.05, 3.63) is 35.4 Å². The molecule has 1 heterocycles. The molecule has 1 saturated heterocycles. The van der Waals surface area contributed by atoms with E-state index in [1.807, 2.05) is 24.3 Å². The van der Waals surface area contributed by atoms with Gasteiger partial charge in [0.25, 0.3) is 0 Å². The lowest BCUT2D eigenvalue weighted by Gasteiger charge is -2.12. The normalized spacial score (nSPS) is 21.2. The maximum absolute atomic E-state index is 11.1. The van der Waals surface area contributed by atoms with E-state index in [0.717, 1.165) is 24.2 Å². The summed E-state index contributed by atoms with van der Waals surface area (Å²) in [5.74, 6) is 0.191. The van der Waals surface area contributed by atoms with Crippen molar-refractivity contribution in [2.75, 3.05) is 13.2 Å². The summed E-state index contributed by atoms with van der Waals surface area (Å²) < 4.78 is 27.5. The van der Waals surface area contributed by atoms with E-state index in [9.17, 15) is 8.42 Å². The molecular weight excluding hydrogens is 248 g/mol. The van der Waals surface area contributed by atoms with Crippen LogP contribution >= 0.6 is 10.7 Å². The molecule has 0 aromatic heterocycles. The lowest BCUT2D eigenvalue weighted by atomic mass is 9.94. The summed E-state index contributed by atoms with van der Waals surface area (Å²) in [7, 11) is 1.79. The Balaban J connectivity index is 2.30. The highest BCUT2D eigenvalue weighted by atomic mass is 35.7. The highest BCUT2D eigenvalue weighted by Gasteiger charge is 2.21. The Kier molecular flexibility index (Phi) is 3.52. The van der Waals surface area contributed by atoms with Gasteiger partial charge >= 0.3 is 0 Å². The number of ether oxygens (including phenoxy) is 1. The smallest absolute Gasteiger partial charge is 0.236 e. The largest absolute Gasteiger partial charge is 0.381 e. The van der Waals surface area contributed by atoms with Crippen molar-refractivity contribution in [1.29, 1.82) is 0 Å². The van der Waals surface area contributed by atoms with E-state index in [2.05, 4.69) is 0 Å². The summed E-state index contributed by atoms with van der Waals surface area (Å²) in [5.41, 5.74) is 1.83. The zero-order valence-corrected chi connectivity index (χ0v) is 10.3. The Morgan fingerprint density at radius 1 is 1.38 bits per heavy atom. The summed E-state index contributed by atoms with van der Waals surface area (Å²) in [6.07, 6.45) is 0.944. The van der Waals surface area contributed by atoms with Crippen LogP contribution in [-0.2, 0) is 19.5 Å². The molecule has 1 aromatic rings. The molecule has 0 N–H and O–H groups in total. The number of hydrogen-bond acceptors (Lipinski definition) is 3. The predicted molar refractivity (Wildman–Crippen MR) is 63.1 cm³/mol. The standard InChI is InChI=1S/C11H13ClO3S/c12-16(13,14)8-10-3-1-2-4-11(10)9-5-6-15-7-9/h1-4,9H,5-8H2. The van der Waals surface area contributed by atoms with Crippen LogP contribution in [0.25, 0.3) is 0 Å². The van der Waals surface area contributed by atoms with Crippen LogP contribution in [-0.4, -0.2) is 21.6 Å². The molecule has 0 radical (unpaired) electrons. The fraction of sp³-hybridized carbons (Fsp3) is 0.455. The minimum absolute atomic E-state index is 0.110. The summed E-state index contributed by atoms with van der Waals surface area (Å²) in [6.45, 7) is 1.41. The van der Waals surface area contributed by atoms with Gasteiger partial charge in [0, 0.05) is 23.2 Å². The van der Waals surface area contributed by atoms with Gasteiger partial charge in [0.1, 0.15) is 0 Å². The molecule has 88 valence electrons. The molecule has 3 nitrogen and oxygen atoms in total. The molecule has 1 fully saturated rings. The first-order chi connectivity index (χ1) is 7.56. The van der Waals surface area contributed by atoms with Crippen LogP contribution < -0.4 is 0 Å². The lowest BCUT2D eigenvalue weighted by molar-refractivity contribution is 0.194. The van der Waals surface area contributed by atoms with Crippen LogP contribution in [0.2, 0.25) is 0 Å². The first-order valence-electron chi connectivity index (χ1n) is 5.14. The highest BCUT2D eigenvalue weighted by Crippen LogP contribution is 2.29. The molecular formula is C11H13ClO3S. The first-order valence-corrected chi connectivity index (χ1v) is 7.62. The fourth-order valence-corrected chi connectivity index (χ4v) is 3.02. The number of benzene rings is 1. The average molecular weight is 261 g/mol. The second-order valence-electron chi connectivity index (χ2n) is 3.94. The molecule has 5 heteroatoms. The van der Waals surface area contributed by atoms with Crippen LogP contribution in [0.4, 0.5) is 0 Å². The van der Waals surface area contributed by atoms with E-state index >= 15 is 0 Å². The number of halogens is 1. The Labute approximate surface area is 99.8 Å². The van der Waals surface area contributed by atoms with E-state index in [1.165, 1.54) is 0 Å². The molecule has 0 bridgehead atoms. The summed E-state index contributed by atoms with van der Waals surface area (Å²) >= 11 is 0. The van der Waals surface area contributed by atoms with Crippen LogP contribution in [0, 0.1) is 0 Å². The maximum atomic E-state index is 11.1. The minimum atomic E-state index is -3.50. The minimum Gasteiger partial charge on any atom is -0.381 e. The third-order valence-corrected chi connectivity index (χ3v) is 3.74. The highest BCUT2D eigenvalue weighted by molar-refractivity contribution is 8.13. The first kappa shape index (κ1) is 11.9. The SMILES string of the molecule is O=S(=O)(Cl)Cc1ccccc1C1CCOC1. The van der Waals surface area contributed by atoms with E-state index in [1.54, 1.807) is 0 Å². The summed E-state index contributed by atoms with van der Waals surface area (Å²) in [6, 6.07) is 7.51. The van der Waals surface area contributed by atoms with Crippen molar-refractivity contribution in [3.63, 3.8) is 0 Å². The van der Waals surface area contributed by atoms with Crippen LogP contribution in [0.1, 0.15) is 23.5 Å². The zero-order valence-electron chi connectivity index (χ0n) is 8.73. The quantitative estimate of drug-likeness (QED) is 0.783.